The Hall–Kier alpha value is -2.25. The van der Waals surface area contributed by atoms with Gasteiger partial charge in [-0.05, 0) is 5.56 Å². The smallest absolute Gasteiger partial charge is 0.270 e. The number of aliphatic hydroxyl groups excluding tert-OH is 1. The van der Waals surface area contributed by atoms with E-state index >= 15 is 0 Å². The molecule has 0 spiro atoms. The fourth-order valence-corrected chi connectivity index (χ4v) is 2.40. The van der Waals surface area contributed by atoms with Gasteiger partial charge < -0.3 is 15.7 Å². The summed E-state index contributed by atoms with van der Waals surface area (Å²) in [5.74, 6) is -0.631. The molecule has 1 aromatic heterocycles. The van der Waals surface area contributed by atoms with Gasteiger partial charge in [-0.15, -0.1) is 11.3 Å². The molecule has 7 heteroatoms. The van der Waals surface area contributed by atoms with Gasteiger partial charge in [0, 0.05) is 18.8 Å². The van der Waals surface area contributed by atoms with Crippen molar-refractivity contribution < 1.29 is 14.7 Å². The van der Waals surface area contributed by atoms with Crippen molar-refractivity contribution in [3.05, 3.63) is 47.0 Å². The van der Waals surface area contributed by atoms with E-state index in [0.29, 0.717) is 5.13 Å². The lowest BCUT2D eigenvalue weighted by Gasteiger charge is -2.11. The van der Waals surface area contributed by atoms with Crippen molar-refractivity contribution in [3.8, 4) is 0 Å². The van der Waals surface area contributed by atoms with Crippen molar-refractivity contribution in [2.75, 3.05) is 11.9 Å². The maximum atomic E-state index is 11.9. The third-order valence-corrected chi connectivity index (χ3v) is 3.42. The molecule has 1 unspecified atom stereocenters. The standard InChI is InChI=1S/C14H15N3O3S/c1-9(18)16-14-17-11(8-21-14)13(20)15-7-12(19)10-5-3-2-4-6-10/h2-6,8,12,19H,7H2,1H3,(H,15,20)(H,16,17,18). The van der Waals surface area contributed by atoms with Crippen LogP contribution in [0.2, 0.25) is 0 Å². The quantitative estimate of drug-likeness (QED) is 0.782. The van der Waals surface area contributed by atoms with E-state index in [-0.39, 0.29) is 18.1 Å². The highest BCUT2D eigenvalue weighted by Crippen LogP contribution is 2.15. The van der Waals surface area contributed by atoms with E-state index in [1.165, 1.54) is 18.3 Å². The summed E-state index contributed by atoms with van der Waals surface area (Å²) in [4.78, 5) is 26.8. The van der Waals surface area contributed by atoms with Crippen molar-refractivity contribution in [2.45, 2.75) is 13.0 Å². The predicted octanol–water partition coefficient (Wildman–Crippen LogP) is 1.56. The van der Waals surface area contributed by atoms with E-state index in [0.717, 1.165) is 5.56 Å². The van der Waals surface area contributed by atoms with Crippen LogP contribution in [-0.4, -0.2) is 28.4 Å². The average molecular weight is 305 g/mol. The molecule has 2 aromatic rings. The first-order valence-electron chi connectivity index (χ1n) is 6.30. The fraction of sp³-hybridized carbons (Fsp3) is 0.214. The number of carbonyl (C=O) groups excluding carboxylic acids is 2. The second-order valence-corrected chi connectivity index (χ2v) is 5.21. The number of amides is 2. The van der Waals surface area contributed by atoms with Crippen LogP contribution < -0.4 is 10.6 Å². The monoisotopic (exact) mass is 305 g/mol. The molecule has 2 rings (SSSR count). The number of aliphatic hydroxyl groups is 1. The van der Waals surface area contributed by atoms with E-state index in [4.69, 9.17) is 0 Å². The molecule has 0 saturated carbocycles. The van der Waals surface area contributed by atoms with Gasteiger partial charge in [0.25, 0.3) is 5.91 Å². The molecule has 1 atom stereocenters. The summed E-state index contributed by atoms with van der Waals surface area (Å²) in [5, 5.41) is 17.0. The zero-order valence-electron chi connectivity index (χ0n) is 11.4. The largest absolute Gasteiger partial charge is 0.387 e. The summed E-state index contributed by atoms with van der Waals surface area (Å²) in [7, 11) is 0. The van der Waals surface area contributed by atoms with Crippen molar-refractivity contribution in [3.63, 3.8) is 0 Å². The molecule has 0 aliphatic rings. The summed E-state index contributed by atoms with van der Waals surface area (Å²) in [6.45, 7) is 1.47. The highest BCUT2D eigenvalue weighted by Gasteiger charge is 2.13. The van der Waals surface area contributed by atoms with Gasteiger partial charge in [-0.2, -0.15) is 0 Å². The van der Waals surface area contributed by atoms with Crippen LogP contribution in [0, 0.1) is 0 Å². The molecule has 1 heterocycles. The van der Waals surface area contributed by atoms with Crippen LogP contribution in [0.15, 0.2) is 35.7 Å². The van der Waals surface area contributed by atoms with Gasteiger partial charge in [-0.25, -0.2) is 4.98 Å². The van der Waals surface area contributed by atoms with Gasteiger partial charge in [0.2, 0.25) is 5.91 Å². The van der Waals surface area contributed by atoms with Gasteiger partial charge in [0.05, 0.1) is 6.10 Å². The Labute approximate surface area is 125 Å². The van der Waals surface area contributed by atoms with Crippen molar-refractivity contribution in [1.82, 2.24) is 10.3 Å². The Kier molecular flexibility index (Phi) is 5.02. The molecule has 0 aliphatic carbocycles. The normalized spacial score (nSPS) is 11.7. The Morgan fingerprint density at radius 1 is 1.33 bits per heavy atom. The summed E-state index contributed by atoms with van der Waals surface area (Å²) in [5.41, 5.74) is 0.944. The van der Waals surface area contributed by atoms with E-state index in [9.17, 15) is 14.7 Å². The van der Waals surface area contributed by atoms with Crippen LogP contribution in [-0.2, 0) is 4.79 Å². The van der Waals surface area contributed by atoms with Gasteiger partial charge in [-0.1, -0.05) is 30.3 Å². The number of hydrogen-bond acceptors (Lipinski definition) is 5. The summed E-state index contributed by atoms with van der Waals surface area (Å²) < 4.78 is 0. The topological polar surface area (TPSA) is 91.3 Å². The molecule has 0 aliphatic heterocycles. The van der Waals surface area contributed by atoms with Crippen molar-refractivity contribution in [2.24, 2.45) is 0 Å². The molecule has 1 aromatic carbocycles. The fourth-order valence-electron chi connectivity index (χ4n) is 1.66. The third-order valence-electron chi connectivity index (χ3n) is 2.66. The van der Waals surface area contributed by atoms with Crippen LogP contribution in [0.25, 0.3) is 0 Å². The Morgan fingerprint density at radius 2 is 2.05 bits per heavy atom. The highest BCUT2D eigenvalue weighted by molar-refractivity contribution is 7.14. The number of aromatic nitrogens is 1. The number of benzene rings is 1. The molecule has 3 N–H and O–H groups in total. The minimum absolute atomic E-state index is 0.0931. The molecule has 0 fully saturated rings. The molecular formula is C14H15N3O3S. The van der Waals surface area contributed by atoms with Gasteiger partial charge in [0.1, 0.15) is 5.69 Å². The predicted molar refractivity (Wildman–Crippen MR) is 80.2 cm³/mol. The molecule has 6 nitrogen and oxygen atoms in total. The van der Waals surface area contributed by atoms with E-state index < -0.39 is 12.0 Å². The first-order chi connectivity index (χ1) is 10.1. The minimum atomic E-state index is -0.774. The Balaban J connectivity index is 1.90. The van der Waals surface area contributed by atoms with Gasteiger partial charge in [0.15, 0.2) is 5.13 Å². The molecular weight excluding hydrogens is 290 g/mol. The number of hydrogen-bond donors (Lipinski definition) is 3. The lowest BCUT2D eigenvalue weighted by Crippen LogP contribution is -2.28. The first-order valence-corrected chi connectivity index (χ1v) is 7.18. The number of nitrogens with zero attached hydrogens (tertiary/aromatic N) is 1. The molecule has 0 bridgehead atoms. The Morgan fingerprint density at radius 3 is 2.71 bits per heavy atom. The molecule has 2 amide bonds. The van der Waals surface area contributed by atoms with E-state index in [1.54, 1.807) is 17.5 Å². The maximum Gasteiger partial charge on any atom is 0.270 e. The van der Waals surface area contributed by atoms with Crippen molar-refractivity contribution in [1.29, 1.82) is 0 Å². The van der Waals surface area contributed by atoms with Crippen LogP contribution in [0.4, 0.5) is 5.13 Å². The Bertz CT molecular complexity index is 627. The number of thiazole rings is 1. The second-order valence-electron chi connectivity index (χ2n) is 4.36. The average Bonchev–Trinajstić information content (AvgIpc) is 2.93. The number of carbonyl (C=O) groups is 2. The number of nitrogens with one attached hydrogen (secondary N) is 2. The summed E-state index contributed by atoms with van der Waals surface area (Å²) >= 11 is 1.17. The van der Waals surface area contributed by atoms with Crippen LogP contribution in [0.3, 0.4) is 0 Å². The number of anilines is 1. The van der Waals surface area contributed by atoms with Gasteiger partial charge >= 0.3 is 0 Å². The number of rotatable bonds is 5. The third kappa shape index (κ3) is 4.37. The molecule has 0 radical (unpaired) electrons. The van der Waals surface area contributed by atoms with Crippen LogP contribution in [0.1, 0.15) is 29.1 Å². The van der Waals surface area contributed by atoms with E-state index in [1.807, 2.05) is 18.2 Å². The zero-order chi connectivity index (χ0) is 15.2. The summed E-state index contributed by atoms with van der Waals surface area (Å²) in [6, 6.07) is 9.07. The lowest BCUT2D eigenvalue weighted by molar-refractivity contribution is -0.114. The minimum Gasteiger partial charge on any atom is -0.387 e. The van der Waals surface area contributed by atoms with Gasteiger partial charge in [-0.3, -0.25) is 9.59 Å². The van der Waals surface area contributed by atoms with Crippen molar-refractivity contribution >= 4 is 28.3 Å². The highest BCUT2D eigenvalue weighted by atomic mass is 32.1. The maximum absolute atomic E-state index is 11.9. The first kappa shape index (κ1) is 15.1. The van der Waals surface area contributed by atoms with Crippen LogP contribution >= 0.6 is 11.3 Å². The van der Waals surface area contributed by atoms with Crippen LogP contribution in [0.5, 0.6) is 0 Å². The zero-order valence-corrected chi connectivity index (χ0v) is 12.2. The molecule has 0 saturated heterocycles. The lowest BCUT2D eigenvalue weighted by atomic mass is 10.1. The SMILES string of the molecule is CC(=O)Nc1nc(C(=O)NCC(O)c2ccccc2)cs1. The second kappa shape index (κ2) is 6.96. The summed E-state index contributed by atoms with van der Waals surface area (Å²) in [6.07, 6.45) is -0.774. The molecule has 21 heavy (non-hydrogen) atoms. The molecule has 110 valence electrons. The van der Waals surface area contributed by atoms with E-state index in [2.05, 4.69) is 15.6 Å².